The summed E-state index contributed by atoms with van der Waals surface area (Å²) in [6.07, 6.45) is -0.478. The normalized spacial score (nSPS) is 12.7. The van der Waals surface area contributed by atoms with Crippen molar-refractivity contribution >= 4 is 11.6 Å². The maximum Gasteiger partial charge on any atom is 0.471 e. The van der Waals surface area contributed by atoms with Gasteiger partial charge in [0.2, 0.25) is 6.54 Å². The maximum absolute atomic E-state index is 11.3. The van der Waals surface area contributed by atoms with Crippen molar-refractivity contribution in [3.63, 3.8) is 0 Å². The van der Waals surface area contributed by atoms with Gasteiger partial charge in [0, 0.05) is 9.95 Å². The second kappa shape index (κ2) is 6.44. The Morgan fingerprint density at radius 2 is 1.57 bits per heavy atom. The van der Waals surface area contributed by atoms with Crippen molar-refractivity contribution in [3.05, 3.63) is 65.2 Å². The first-order chi connectivity index (χ1) is 9.75. The molecule has 0 aliphatic rings. The molecule has 0 aliphatic carbocycles. The molecule has 1 aromatic carbocycles. The average Bonchev–Trinajstić information content (AvgIpc) is 2.38. The van der Waals surface area contributed by atoms with Gasteiger partial charge in [-0.2, -0.15) is 0 Å². The van der Waals surface area contributed by atoms with Gasteiger partial charge in [0.25, 0.3) is 0 Å². The Kier molecular flexibility index (Phi) is 5.14. The monoisotopic (exact) mass is 317 g/mol. The van der Waals surface area contributed by atoms with Crippen LogP contribution in [0.4, 0.5) is 0 Å². The summed E-state index contributed by atoms with van der Waals surface area (Å²) >= 11 is 5.69. The Morgan fingerprint density at radius 3 is 1.90 bits per heavy atom. The van der Waals surface area contributed by atoms with Crippen LogP contribution < -0.4 is 0 Å². The largest absolute Gasteiger partial charge is 0.471 e. The van der Waals surface area contributed by atoms with Crippen LogP contribution in [-0.4, -0.2) is 27.0 Å². The molecule has 9 nitrogen and oxygen atoms in total. The number of rotatable bonds is 7. The molecule has 0 saturated carbocycles. The molecular formula is C11H12ClN3O6. The van der Waals surface area contributed by atoms with Crippen LogP contribution >= 0.6 is 11.6 Å². The van der Waals surface area contributed by atoms with Crippen molar-refractivity contribution < 1.29 is 14.8 Å². The van der Waals surface area contributed by atoms with E-state index in [9.17, 15) is 30.3 Å². The molecule has 0 heterocycles. The molecule has 0 radical (unpaired) electrons. The van der Waals surface area contributed by atoms with Crippen molar-refractivity contribution in [2.24, 2.45) is 0 Å². The third-order valence-electron chi connectivity index (χ3n) is 3.31. The third kappa shape index (κ3) is 3.24. The first kappa shape index (κ1) is 16.8. The van der Waals surface area contributed by atoms with E-state index >= 15 is 0 Å². The fourth-order valence-corrected chi connectivity index (χ4v) is 2.31. The predicted molar refractivity (Wildman–Crippen MR) is 73.1 cm³/mol. The van der Waals surface area contributed by atoms with E-state index in [1.165, 1.54) is 31.2 Å². The molecule has 1 aromatic rings. The smallest absolute Gasteiger partial charge is 0.265 e. The van der Waals surface area contributed by atoms with Crippen LogP contribution in [0.2, 0.25) is 5.02 Å². The van der Waals surface area contributed by atoms with E-state index in [1.54, 1.807) is 0 Å². The topological polar surface area (TPSA) is 129 Å². The van der Waals surface area contributed by atoms with E-state index < -0.39 is 39.3 Å². The molecular weight excluding hydrogens is 306 g/mol. The average molecular weight is 318 g/mol. The standard InChI is InChI=1S/C11H12ClN3O6/c1-2-11(14(18)19,15(20)21)10(7-13(16)17)8-3-5-9(12)6-4-8/h3-6,10H,2,7H2,1H3. The van der Waals surface area contributed by atoms with Gasteiger partial charge < -0.3 is 0 Å². The summed E-state index contributed by atoms with van der Waals surface area (Å²) in [4.78, 5) is 30.4. The van der Waals surface area contributed by atoms with Crippen LogP contribution in [0.3, 0.4) is 0 Å². The summed E-state index contributed by atoms with van der Waals surface area (Å²) in [6.45, 7) is 0.339. The number of nitro groups is 3. The number of hydrogen-bond donors (Lipinski definition) is 0. The Balaban J connectivity index is 3.46. The van der Waals surface area contributed by atoms with Gasteiger partial charge in [0.1, 0.15) is 0 Å². The zero-order valence-corrected chi connectivity index (χ0v) is 11.7. The van der Waals surface area contributed by atoms with E-state index in [4.69, 9.17) is 11.6 Å². The van der Waals surface area contributed by atoms with E-state index in [0.29, 0.717) is 5.02 Å². The molecule has 0 N–H and O–H groups in total. The van der Waals surface area contributed by atoms with Gasteiger partial charge >= 0.3 is 5.66 Å². The van der Waals surface area contributed by atoms with Crippen LogP contribution in [0.5, 0.6) is 0 Å². The number of benzene rings is 1. The van der Waals surface area contributed by atoms with Gasteiger partial charge in [0.15, 0.2) is 5.92 Å². The molecule has 21 heavy (non-hydrogen) atoms. The molecule has 10 heteroatoms. The first-order valence-corrected chi connectivity index (χ1v) is 6.29. The molecule has 1 atom stereocenters. The van der Waals surface area contributed by atoms with Gasteiger partial charge in [-0.25, -0.2) is 0 Å². The fraction of sp³-hybridized carbons (Fsp3) is 0.455. The highest BCUT2D eigenvalue weighted by atomic mass is 35.5. The molecule has 1 rings (SSSR count). The quantitative estimate of drug-likeness (QED) is 0.431. The summed E-state index contributed by atoms with van der Waals surface area (Å²) in [7, 11) is 0. The molecule has 0 aromatic heterocycles. The SMILES string of the molecule is CCC(C(C[N+](=O)[O-])c1ccc(Cl)cc1)([N+](=O)[O-])[N+](=O)[O-]. The van der Waals surface area contributed by atoms with E-state index in [0.717, 1.165) is 0 Å². The van der Waals surface area contributed by atoms with Crippen LogP contribution in [0.25, 0.3) is 0 Å². The van der Waals surface area contributed by atoms with Gasteiger partial charge in [-0.05, 0) is 17.7 Å². The third-order valence-corrected chi connectivity index (χ3v) is 3.57. The Hall–Kier alpha value is -2.29. The van der Waals surface area contributed by atoms with E-state index in [2.05, 4.69) is 0 Å². The zero-order chi connectivity index (χ0) is 16.2. The van der Waals surface area contributed by atoms with Gasteiger partial charge in [-0.15, -0.1) is 0 Å². The van der Waals surface area contributed by atoms with Crippen LogP contribution in [0.15, 0.2) is 24.3 Å². The Labute approximate surface area is 124 Å². The van der Waals surface area contributed by atoms with Gasteiger partial charge in [0.05, 0.1) is 16.3 Å². The van der Waals surface area contributed by atoms with Crippen molar-refractivity contribution in [1.29, 1.82) is 0 Å². The minimum atomic E-state index is -2.65. The van der Waals surface area contributed by atoms with E-state index in [-0.39, 0.29) is 5.56 Å². The van der Waals surface area contributed by atoms with Crippen molar-refractivity contribution in [2.75, 3.05) is 6.54 Å². The fourth-order valence-electron chi connectivity index (χ4n) is 2.19. The number of halogens is 1. The van der Waals surface area contributed by atoms with Crippen LogP contribution in [-0.2, 0) is 0 Å². The van der Waals surface area contributed by atoms with Crippen LogP contribution in [0, 0.1) is 30.3 Å². The minimum Gasteiger partial charge on any atom is -0.265 e. The summed E-state index contributed by atoms with van der Waals surface area (Å²) < 4.78 is 0. The Morgan fingerprint density at radius 1 is 1.10 bits per heavy atom. The molecule has 0 fully saturated rings. The lowest BCUT2D eigenvalue weighted by Crippen LogP contribution is -2.52. The highest BCUT2D eigenvalue weighted by Gasteiger charge is 2.63. The minimum absolute atomic E-state index is 0.131. The lowest BCUT2D eigenvalue weighted by molar-refractivity contribution is -0.805. The molecule has 0 amide bonds. The lowest BCUT2D eigenvalue weighted by atomic mass is 9.84. The molecule has 0 aliphatic heterocycles. The molecule has 0 saturated heterocycles. The van der Waals surface area contributed by atoms with Crippen LogP contribution in [0.1, 0.15) is 24.8 Å². The second-order valence-electron chi connectivity index (χ2n) is 4.37. The molecule has 0 spiro atoms. The molecule has 0 bridgehead atoms. The molecule has 1 unspecified atom stereocenters. The second-order valence-corrected chi connectivity index (χ2v) is 4.80. The lowest BCUT2D eigenvalue weighted by Gasteiger charge is -2.22. The number of hydrogen-bond acceptors (Lipinski definition) is 6. The summed E-state index contributed by atoms with van der Waals surface area (Å²) in [5, 5.41) is 33.7. The highest BCUT2D eigenvalue weighted by molar-refractivity contribution is 6.30. The van der Waals surface area contributed by atoms with Crippen molar-refractivity contribution in [2.45, 2.75) is 24.9 Å². The Bertz CT molecular complexity index is 548. The number of nitrogens with zero attached hydrogens (tertiary/aromatic N) is 3. The highest BCUT2D eigenvalue weighted by Crippen LogP contribution is 2.35. The molecule has 114 valence electrons. The summed E-state index contributed by atoms with van der Waals surface area (Å²) in [6, 6.07) is 5.41. The summed E-state index contributed by atoms with van der Waals surface area (Å²) in [5.74, 6) is -1.50. The van der Waals surface area contributed by atoms with Crippen molar-refractivity contribution in [3.8, 4) is 0 Å². The van der Waals surface area contributed by atoms with Gasteiger partial charge in [-0.1, -0.05) is 30.7 Å². The van der Waals surface area contributed by atoms with E-state index in [1.807, 2.05) is 0 Å². The maximum atomic E-state index is 11.3. The first-order valence-electron chi connectivity index (χ1n) is 5.92. The predicted octanol–water partition coefficient (Wildman–Crippen LogP) is 2.36. The summed E-state index contributed by atoms with van der Waals surface area (Å²) in [5.41, 5.74) is -2.52. The van der Waals surface area contributed by atoms with Gasteiger partial charge in [-0.3, -0.25) is 30.3 Å². The van der Waals surface area contributed by atoms with Crippen molar-refractivity contribution in [1.82, 2.24) is 0 Å². The zero-order valence-electron chi connectivity index (χ0n) is 11.0.